The summed E-state index contributed by atoms with van der Waals surface area (Å²) in [5.74, 6) is -5.60. The third kappa shape index (κ3) is 20.4. The zero-order chi connectivity index (χ0) is 27.6. The van der Waals surface area contributed by atoms with Gasteiger partial charge < -0.3 is 41.7 Å². The number of primary amides is 1. The Kier molecular flexibility index (Phi) is 17.6. The standard InChI is InChI=1S/2C7H11NO5.C6H12N2O/c2*1-4(9)8-5(7(12)13)2-3-6(10)11;7-6(9)8-4-2-1-3-5-8/h2*5H,2-3H2,1H3,(H,8,9)(H,10,11)(H,12,13);1-5H2,(H2,7,9)/t2*5-;/m11./s1. The third-order valence-electron chi connectivity index (χ3n) is 4.31. The molecule has 0 radical (unpaired) electrons. The molecule has 2 atom stereocenters. The number of carboxylic acid groups (broad SMARTS) is 4. The summed E-state index contributed by atoms with van der Waals surface area (Å²) in [6.07, 6.45) is 2.69. The fraction of sp³-hybridized carbons (Fsp3) is 0.650. The molecule has 1 aliphatic heterocycles. The van der Waals surface area contributed by atoms with E-state index in [1.54, 1.807) is 4.90 Å². The Morgan fingerprint density at radius 3 is 1.26 bits per heavy atom. The molecule has 1 heterocycles. The number of rotatable bonds is 10. The molecule has 200 valence electrons. The summed E-state index contributed by atoms with van der Waals surface area (Å²) in [5.41, 5.74) is 5.05. The SMILES string of the molecule is CC(=O)N[C@H](CCC(=O)O)C(=O)O.CC(=O)N[C@H](CCC(=O)O)C(=O)O.NC(=O)N1CCCCC1. The van der Waals surface area contributed by atoms with E-state index in [9.17, 15) is 33.6 Å². The summed E-state index contributed by atoms with van der Waals surface area (Å²) in [7, 11) is 0. The van der Waals surface area contributed by atoms with Gasteiger partial charge in [-0.15, -0.1) is 0 Å². The summed E-state index contributed by atoms with van der Waals surface area (Å²) in [6, 6.07) is -2.50. The monoisotopic (exact) mass is 506 g/mol. The van der Waals surface area contributed by atoms with Crippen LogP contribution >= 0.6 is 0 Å². The van der Waals surface area contributed by atoms with Crippen LogP contribution in [0.15, 0.2) is 0 Å². The summed E-state index contributed by atoms with van der Waals surface area (Å²) >= 11 is 0. The third-order valence-corrected chi connectivity index (χ3v) is 4.31. The predicted octanol–water partition coefficient (Wildman–Crippen LogP) is -0.568. The lowest BCUT2D eigenvalue weighted by molar-refractivity contribution is -0.143. The maximum Gasteiger partial charge on any atom is 0.326 e. The highest BCUT2D eigenvalue weighted by Gasteiger charge is 2.19. The lowest BCUT2D eigenvalue weighted by atomic mass is 10.1. The van der Waals surface area contributed by atoms with Gasteiger partial charge in [0.05, 0.1) is 0 Å². The van der Waals surface area contributed by atoms with Crippen LogP contribution in [0.3, 0.4) is 0 Å². The van der Waals surface area contributed by atoms with Crippen LogP contribution in [0.5, 0.6) is 0 Å². The van der Waals surface area contributed by atoms with Crippen LogP contribution in [-0.2, 0) is 28.8 Å². The Morgan fingerprint density at radius 2 is 1.06 bits per heavy atom. The molecule has 0 saturated carbocycles. The quantitative estimate of drug-likeness (QED) is 0.197. The molecule has 0 aromatic carbocycles. The van der Waals surface area contributed by atoms with Crippen molar-refractivity contribution in [3.63, 3.8) is 0 Å². The minimum Gasteiger partial charge on any atom is -0.481 e. The predicted molar refractivity (Wildman–Crippen MR) is 119 cm³/mol. The molecule has 1 fully saturated rings. The van der Waals surface area contributed by atoms with E-state index in [4.69, 9.17) is 26.2 Å². The van der Waals surface area contributed by atoms with Crippen LogP contribution < -0.4 is 16.4 Å². The van der Waals surface area contributed by atoms with Crippen LogP contribution in [0.25, 0.3) is 0 Å². The highest BCUT2D eigenvalue weighted by Crippen LogP contribution is 2.07. The second-order valence-corrected chi connectivity index (χ2v) is 7.43. The van der Waals surface area contributed by atoms with Crippen molar-refractivity contribution >= 4 is 41.7 Å². The number of hydrogen-bond donors (Lipinski definition) is 7. The zero-order valence-electron chi connectivity index (χ0n) is 19.7. The second-order valence-electron chi connectivity index (χ2n) is 7.43. The number of nitrogens with zero attached hydrogens (tertiary/aromatic N) is 1. The molecular weight excluding hydrogens is 472 g/mol. The molecule has 0 bridgehead atoms. The summed E-state index contributed by atoms with van der Waals surface area (Å²) in [5, 5.41) is 37.9. The van der Waals surface area contributed by atoms with Crippen molar-refractivity contribution in [2.24, 2.45) is 5.73 Å². The van der Waals surface area contributed by atoms with E-state index in [2.05, 4.69) is 10.6 Å². The van der Waals surface area contributed by atoms with Gasteiger partial charge in [0, 0.05) is 39.8 Å². The van der Waals surface area contributed by atoms with Crippen molar-refractivity contribution in [1.29, 1.82) is 0 Å². The average Bonchev–Trinajstić information content (AvgIpc) is 2.74. The number of carbonyl (C=O) groups is 7. The number of amides is 4. The van der Waals surface area contributed by atoms with E-state index in [0.717, 1.165) is 25.9 Å². The number of likely N-dealkylation sites (tertiary alicyclic amines) is 1. The molecule has 1 rings (SSSR count). The van der Waals surface area contributed by atoms with Gasteiger partial charge >= 0.3 is 29.9 Å². The van der Waals surface area contributed by atoms with Crippen molar-refractivity contribution in [2.75, 3.05) is 13.1 Å². The highest BCUT2D eigenvalue weighted by molar-refractivity contribution is 5.83. The number of nitrogens with one attached hydrogen (secondary N) is 2. The Hall–Kier alpha value is -3.91. The van der Waals surface area contributed by atoms with E-state index in [1.165, 1.54) is 20.3 Å². The molecule has 15 nitrogen and oxygen atoms in total. The number of aliphatic carboxylic acids is 4. The van der Waals surface area contributed by atoms with Crippen LogP contribution in [0.2, 0.25) is 0 Å². The van der Waals surface area contributed by atoms with E-state index in [-0.39, 0.29) is 31.7 Å². The van der Waals surface area contributed by atoms with Crippen LogP contribution in [0, 0.1) is 0 Å². The van der Waals surface area contributed by atoms with Crippen molar-refractivity contribution in [1.82, 2.24) is 15.5 Å². The van der Waals surface area contributed by atoms with E-state index >= 15 is 0 Å². The highest BCUT2D eigenvalue weighted by atomic mass is 16.4. The Morgan fingerprint density at radius 1 is 0.714 bits per heavy atom. The summed E-state index contributed by atoms with van der Waals surface area (Å²) in [4.78, 5) is 74.3. The lowest BCUT2D eigenvalue weighted by Gasteiger charge is -2.24. The fourth-order valence-electron chi connectivity index (χ4n) is 2.66. The number of urea groups is 1. The molecular formula is C20H34N4O11. The average molecular weight is 507 g/mol. The van der Waals surface area contributed by atoms with Gasteiger partial charge in [0.25, 0.3) is 0 Å². The Bertz CT molecular complexity index is 703. The first-order valence-electron chi connectivity index (χ1n) is 10.6. The van der Waals surface area contributed by atoms with Crippen LogP contribution in [-0.4, -0.2) is 92.2 Å². The second kappa shape index (κ2) is 18.5. The van der Waals surface area contributed by atoms with Gasteiger partial charge in [-0.2, -0.15) is 0 Å². The molecule has 0 aliphatic carbocycles. The zero-order valence-corrected chi connectivity index (χ0v) is 19.7. The normalized spacial score (nSPS) is 13.8. The molecule has 15 heteroatoms. The first kappa shape index (κ1) is 33.3. The van der Waals surface area contributed by atoms with E-state index in [1.807, 2.05) is 0 Å². The van der Waals surface area contributed by atoms with Gasteiger partial charge in [0.1, 0.15) is 12.1 Å². The van der Waals surface area contributed by atoms with Gasteiger partial charge in [0.2, 0.25) is 11.8 Å². The van der Waals surface area contributed by atoms with Crippen molar-refractivity contribution in [2.45, 2.75) is 70.9 Å². The maximum atomic E-state index is 10.5. The smallest absolute Gasteiger partial charge is 0.326 e. The van der Waals surface area contributed by atoms with E-state index in [0.29, 0.717) is 0 Å². The molecule has 0 spiro atoms. The Labute approximate surface area is 201 Å². The lowest BCUT2D eigenvalue weighted by Crippen LogP contribution is -2.39. The molecule has 0 aromatic heterocycles. The fourth-order valence-corrected chi connectivity index (χ4v) is 2.66. The number of nitrogens with two attached hydrogens (primary N) is 1. The minimum absolute atomic E-state index is 0.107. The van der Waals surface area contributed by atoms with Gasteiger partial charge in [-0.25, -0.2) is 14.4 Å². The summed E-state index contributed by atoms with van der Waals surface area (Å²) in [6.45, 7) is 4.07. The van der Waals surface area contributed by atoms with Crippen LogP contribution in [0.4, 0.5) is 4.79 Å². The number of carbonyl (C=O) groups excluding carboxylic acids is 3. The first-order chi connectivity index (χ1) is 16.2. The van der Waals surface area contributed by atoms with Crippen molar-refractivity contribution in [3.8, 4) is 0 Å². The van der Waals surface area contributed by atoms with Gasteiger partial charge in [-0.3, -0.25) is 19.2 Å². The van der Waals surface area contributed by atoms with Crippen molar-refractivity contribution < 1.29 is 54.0 Å². The minimum atomic E-state index is -1.23. The maximum absolute atomic E-state index is 10.5. The summed E-state index contributed by atoms with van der Waals surface area (Å²) < 4.78 is 0. The molecule has 1 aliphatic rings. The molecule has 8 N–H and O–H groups in total. The van der Waals surface area contributed by atoms with Crippen LogP contribution in [0.1, 0.15) is 58.8 Å². The topological polar surface area (TPSA) is 254 Å². The van der Waals surface area contributed by atoms with Crippen molar-refractivity contribution in [3.05, 3.63) is 0 Å². The molecule has 1 saturated heterocycles. The van der Waals surface area contributed by atoms with Gasteiger partial charge in [0.15, 0.2) is 0 Å². The number of hydrogen-bond acceptors (Lipinski definition) is 7. The molecule has 35 heavy (non-hydrogen) atoms. The Balaban J connectivity index is 0. The number of carboxylic acids is 4. The molecule has 0 unspecified atom stereocenters. The largest absolute Gasteiger partial charge is 0.481 e. The molecule has 0 aromatic rings. The van der Waals surface area contributed by atoms with Gasteiger partial charge in [-0.05, 0) is 32.1 Å². The van der Waals surface area contributed by atoms with E-state index < -0.39 is 47.8 Å². The van der Waals surface area contributed by atoms with Gasteiger partial charge in [-0.1, -0.05) is 0 Å². The number of piperidine rings is 1. The molecule has 4 amide bonds. The first-order valence-corrected chi connectivity index (χ1v) is 10.6.